The number of carbonyl (C=O) groups is 1. The van der Waals surface area contributed by atoms with E-state index in [4.69, 9.17) is 16.3 Å². The molecule has 2 aliphatic heterocycles. The fraction of sp³-hybridized carbons (Fsp3) is 0.706. The normalized spacial score (nSPS) is 19.9. The van der Waals surface area contributed by atoms with E-state index in [1.165, 1.54) is 0 Å². The average Bonchev–Trinajstić information content (AvgIpc) is 2.52. The molecule has 1 aromatic heterocycles. The minimum atomic E-state index is -2.62. The van der Waals surface area contributed by atoms with Crippen LogP contribution in [0.5, 0.6) is 0 Å². The van der Waals surface area contributed by atoms with Gasteiger partial charge in [0, 0.05) is 38.0 Å². The molecule has 0 bridgehead atoms. The van der Waals surface area contributed by atoms with Gasteiger partial charge in [0.15, 0.2) is 0 Å². The number of fused-ring (bicyclic) bond motifs is 1. The van der Waals surface area contributed by atoms with E-state index in [0.717, 1.165) is 5.56 Å². The van der Waals surface area contributed by atoms with Crippen LogP contribution in [-0.4, -0.2) is 52.1 Å². The Morgan fingerprint density at radius 3 is 2.46 bits per heavy atom. The number of rotatable bonds is 1. The van der Waals surface area contributed by atoms with Gasteiger partial charge in [-0.3, -0.25) is 0 Å². The molecule has 1 fully saturated rings. The van der Waals surface area contributed by atoms with Gasteiger partial charge in [-0.05, 0) is 38.8 Å². The summed E-state index contributed by atoms with van der Waals surface area (Å²) in [6.07, 6.45) is -0.272. The van der Waals surface area contributed by atoms with Crippen LogP contribution in [0.2, 0.25) is 5.28 Å². The summed E-state index contributed by atoms with van der Waals surface area (Å²) in [5.41, 5.74) is 0.944. The second-order valence-electron chi connectivity index (χ2n) is 7.74. The minimum Gasteiger partial charge on any atom is -0.444 e. The Balaban J connectivity index is 1.80. The molecule has 144 valence electrons. The maximum absolute atomic E-state index is 13.4. The van der Waals surface area contributed by atoms with Gasteiger partial charge in [0.1, 0.15) is 11.4 Å². The number of nitrogens with zero attached hydrogens (tertiary/aromatic N) is 4. The minimum absolute atomic E-state index is 0.0575. The summed E-state index contributed by atoms with van der Waals surface area (Å²) in [7, 11) is 0. The number of alkyl halides is 2. The largest absolute Gasteiger partial charge is 0.444 e. The fourth-order valence-electron chi connectivity index (χ4n) is 3.17. The molecule has 1 amide bonds. The number of ether oxygens (including phenoxy) is 1. The number of piperidine rings is 1. The predicted molar refractivity (Wildman–Crippen MR) is 93.8 cm³/mol. The predicted octanol–water partition coefficient (Wildman–Crippen LogP) is 3.66. The van der Waals surface area contributed by atoms with Gasteiger partial charge in [-0.15, -0.1) is 0 Å². The van der Waals surface area contributed by atoms with Crippen LogP contribution in [0, 0.1) is 0 Å². The highest BCUT2D eigenvalue weighted by Gasteiger charge is 2.36. The zero-order valence-electron chi connectivity index (χ0n) is 15.2. The fourth-order valence-corrected chi connectivity index (χ4v) is 3.35. The third kappa shape index (κ3) is 4.34. The number of aromatic nitrogens is 2. The zero-order valence-corrected chi connectivity index (χ0v) is 15.9. The van der Waals surface area contributed by atoms with Gasteiger partial charge in [0.25, 0.3) is 5.92 Å². The number of hydrogen-bond donors (Lipinski definition) is 0. The number of halogens is 3. The Morgan fingerprint density at radius 1 is 1.19 bits per heavy atom. The van der Waals surface area contributed by atoms with E-state index in [0.29, 0.717) is 24.5 Å². The molecule has 0 atom stereocenters. The second kappa shape index (κ2) is 6.79. The van der Waals surface area contributed by atoms with Gasteiger partial charge in [-0.1, -0.05) is 0 Å². The lowest BCUT2D eigenvalue weighted by atomic mass is 10.0. The first-order valence-corrected chi connectivity index (χ1v) is 9.08. The molecule has 1 saturated heterocycles. The Bertz CT molecular complexity index is 699. The van der Waals surface area contributed by atoms with Gasteiger partial charge < -0.3 is 14.5 Å². The lowest BCUT2D eigenvalue weighted by Gasteiger charge is -2.36. The maximum atomic E-state index is 13.4. The summed E-state index contributed by atoms with van der Waals surface area (Å²) >= 11 is 6.06. The standard InChI is InChI=1S/C17H23ClF2N4O2/c1-16(2,3)26-15(25)24-7-4-11-12(10-24)21-14(18)22-13(11)23-8-5-17(19,20)6-9-23/h4-10H2,1-3H3. The van der Waals surface area contributed by atoms with Crippen LogP contribution in [0.25, 0.3) is 0 Å². The van der Waals surface area contributed by atoms with Crippen molar-refractivity contribution in [1.29, 1.82) is 0 Å². The molecular formula is C17H23ClF2N4O2. The Labute approximate surface area is 156 Å². The molecule has 0 saturated carbocycles. The third-order valence-corrected chi connectivity index (χ3v) is 4.63. The summed E-state index contributed by atoms with van der Waals surface area (Å²) in [5, 5.41) is 0.0575. The van der Waals surface area contributed by atoms with Crippen molar-refractivity contribution in [2.24, 2.45) is 0 Å². The molecule has 3 rings (SSSR count). The lowest BCUT2D eigenvalue weighted by molar-refractivity contribution is -0.0222. The van der Waals surface area contributed by atoms with Crippen LogP contribution in [0.15, 0.2) is 0 Å². The van der Waals surface area contributed by atoms with Gasteiger partial charge in [0.05, 0.1) is 12.2 Å². The highest BCUT2D eigenvalue weighted by molar-refractivity contribution is 6.28. The average molecular weight is 389 g/mol. The number of carbonyl (C=O) groups excluding carboxylic acids is 1. The van der Waals surface area contributed by atoms with Crippen molar-refractivity contribution in [1.82, 2.24) is 14.9 Å². The molecule has 1 aromatic rings. The summed E-state index contributed by atoms with van der Waals surface area (Å²) in [4.78, 5) is 24.3. The first-order chi connectivity index (χ1) is 12.0. The van der Waals surface area contributed by atoms with Crippen molar-refractivity contribution < 1.29 is 18.3 Å². The van der Waals surface area contributed by atoms with Crippen molar-refractivity contribution in [2.45, 2.75) is 58.1 Å². The van der Waals surface area contributed by atoms with Gasteiger partial charge in [-0.2, -0.15) is 0 Å². The summed E-state index contributed by atoms with van der Waals surface area (Å²) < 4.78 is 32.3. The summed E-state index contributed by atoms with van der Waals surface area (Å²) in [6, 6.07) is 0. The van der Waals surface area contributed by atoms with Crippen molar-refractivity contribution in [3.05, 3.63) is 16.5 Å². The van der Waals surface area contributed by atoms with Crippen LogP contribution in [0.4, 0.5) is 19.4 Å². The molecule has 26 heavy (non-hydrogen) atoms. The van der Waals surface area contributed by atoms with E-state index in [1.807, 2.05) is 25.7 Å². The first-order valence-electron chi connectivity index (χ1n) is 8.70. The third-order valence-electron chi connectivity index (χ3n) is 4.46. The molecule has 9 heteroatoms. The molecule has 0 radical (unpaired) electrons. The molecule has 0 aromatic carbocycles. The van der Waals surface area contributed by atoms with Gasteiger partial charge in [0.2, 0.25) is 5.28 Å². The van der Waals surface area contributed by atoms with Crippen molar-refractivity contribution in [2.75, 3.05) is 24.5 Å². The van der Waals surface area contributed by atoms with Crippen molar-refractivity contribution in [3.8, 4) is 0 Å². The monoisotopic (exact) mass is 388 g/mol. The van der Waals surface area contributed by atoms with E-state index < -0.39 is 17.6 Å². The summed E-state index contributed by atoms with van der Waals surface area (Å²) in [5.74, 6) is -2.01. The zero-order chi connectivity index (χ0) is 19.1. The van der Waals surface area contributed by atoms with Crippen LogP contribution in [0.1, 0.15) is 44.9 Å². The summed E-state index contributed by atoms with van der Waals surface area (Å²) in [6.45, 7) is 6.61. The molecule has 0 aliphatic carbocycles. The maximum Gasteiger partial charge on any atom is 0.410 e. The van der Waals surface area contributed by atoms with Crippen molar-refractivity contribution in [3.63, 3.8) is 0 Å². The Kier molecular flexibility index (Phi) is 4.98. The highest BCUT2D eigenvalue weighted by Crippen LogP contribution is 2.34. The molecule has 2 aliphatic rings. The second-order valence-corrected chi connectivity index (χ2v) is 8.07. The highest BCUT2D eigenvalue weighted by atomic mass is 35.5. The van der Waals surface area contributed by atoms with E-state index in [2.05, 4.69) is 9.97 Å². The molecule has 0 N–H and O–H groups in total. The van der Waals surface area contributed by atoms with E-state index >= 15 is 0 Å². The van der Waals surface area contributed by atoms with Crippen LogP contribution < -0.4 is 4.90 Å². The number of anilines is 1. The lowest BCUT2D eigenvalue weighted by Crippen LogP contribution is -2.43. The van der Waals surface area contributed by atoms with Crippen LogP contribution >= 0.6 is 11.6 Å². The Morgan fingerprint density at radius 2 is 1.85 bits per heavy atom. The topological polar surface area (TPSA) is 58.6 Å². The van der Waals surface area contributed by atoms with Crippen LogP contribution in [0.3, 0.4) is 0 Å². The quantitative estimate of drug-likeness (QED) is 0.687. The van der Waals surface area contributed by atoms with E-state index in [-0.39, 0.29) is 37.8 Å². The molecule has 0 unspecified atom stereocenters. The van der Waals surface area contributed by atoms with Crippen molar-refractivity contribution >= 4 is 23.5 Å². The van der Waals surface area contributed by atoms with E-state index in [1.54, 1.807) is 4.90 Å². The SMILES string of the molecule is CC(C)(C)OC(=O)N1CCc2c(nc(Cl)nc2N2CCC(F)(F)CC2)C1. The first kappa shape index (κ1) is 19.1. The number of amides is 1. The van der Waals surface area contributed by atoms with Crippen LogP contribution in [-0.2, 0) is 17.7 Å². The van der Waals surface area contributed by atoms with Gasteiger partial charge >= 0.3 is 6.09 Å². The molecule has 6 nitrogen and oxygen atoms in total. The van der Waals surface area contributed by atoms with Gasteiger partial charge in [-0.25, -0.2) is 23.5 Å². The Hall–Kier alpha value is -1.70. The molecular weight excluding hydrogens is 366 g/mol. The van der Waals surface area contributed by atoms with E-state index in [9.17, 15) is 13.6 Å². The molecule has 0 spiro atoms. The smallest absolute Gasteiger partial charge is 0.410 e. The number of hydrogen-bond acceptors (Lipinski definition) is 5. The molecule has 3 heterocycles.